The largest absolute Gasteiger partial charge is 0.369 e. The summed E-state index contributed by atoms with van der Waals surface area (Å²) in [5.41, 5.74) is 7.47. The van der Waals surface area contributed by atoms with Gasteiger partial charge in [0.25, 0.3) is 5.91 Å². The monoisotopic (exact) mass is 429 g/mol. The zero-order valence-electron chi connectivity index (χ0n) is 19.0. The Kier molecular flexibility index (Phi) is 5.70. The maximum Gasteiger partial charge on any atom is 0.272 e. The van der Waals surface area contributed by atoms with Crippen LogP contribution in [0.4, 0.5) is 5.69 Å². The van der Waals surface area contributed by atoms with Crippen LogP contribution >= 0.6 is 0 Å². The van der Waals surface area contributed by atoms with Gasteiger partial charge in [0, 0.05) is 49.7 Å². The molecule has 5 rings (SSSR count). The first-order valence-corrected chi connectivity index (χ1v) is 11.6. The highest BCUT2D eigenvalue weighted by Crippen LogP contribution is 2.29. The quantitative estimate of drug-likeness (QED) is 0.676. The summed E-state index contributed by atoms with van der Waals surface area (Å²) in [5, 5.41) is 7.95. The Balaban J connectivity index is 1.36. The number of amides is 1. The molecule has 0 bridgehead atoms. The Labute approximate surface area is 189 Å². The highest BCUT2D eigenvalue weighted by molar-refractivity contribution is 5.94. The SMILES string of the molecule is Cc1ccccc1-n1nc(C(=O)NCc2ccccc2N2CCN(C)CC2)c2c1CCC2. The zero-order valence-corrected chi connectivity index (χ0v) is 19.0. The lowest BCUT2D eigenvalue weighted by Gasteiger charge is -2.35. The summed E-state index contributed by atoms with van der Waals surface area (Å²) < 4.78 is 1.99. The number of nitrogens with zero attached hydrogens (tertiary/aromatic N) is 4. The number of carbonyl (C=O) groups is 1. The molecule has 1 amide bonds. The van der Waals surface area contributed by atoms with Crippen molar-refractivity contribution in [1.82, 2.24) is 20.0 Å². The predicted octanol–water partition coefficient (Wildman–Crippen LogP) is 3.35. The first-order chi connectivity index (χ1) is 15.6. The Morgan fingerprint density at radius 1 is 0.969 bits per heavy atom. The number of aromatic nitrogens is 2. The van der Waals surface area contributed by atoms with E-state index in [1.165, 1.54) is 11.4 Å². The Morgan fingerprint density at radius 3 is 2.47 bits per heavy atom. The minimum absolute atomic E-state index is 0.0799. The van der Waals surface area contributed by atoms with Crippen molar-refractivity contribution in [2.24, 2.45) is 0 Å². The number of fused-ring (bicyclic) bond motifs is 1. The number of hydrogen-bond acceptors (Lipinski definition) is 4. The van der Waals surface area contributed by atoms with E-state index in [2.05, 4.69) is 59.4 Å². The van der Waals surface area contributed by atoms with Crippen LogP contribution in [0.1, 0.15) is 39.3 Å². The molecule has 0 saturated carbocycles. The summed E-state index contributed by atoms with van der Waals surface area (Å²) in [7, 11) is 2.16. The molecule has 2 aliphatic rings. The molecule has 6 nitrogen and oxygen atoms in total. The van der Waals surface area contributed by atoms with Crippen molar-refractivity contribution < 1.29 is 4.79 Å². The number of likely N-dealkylation sites (N-methyl/N-ethyl adjacent to an activating group) is 1. The smallest absolute Gasteiger partial charge is 0.272 e. The van der Waals surface area contributed by atoms with Crippen LogP contribution in [0.25, 0.3) is 5.69 Å². The van der Waals surface area contributed by atoms with Gasteiger partial charge in [-0.1, -0.05) is 36.4 Å². The molecule has 2 aromatic carbocycles. The van der Waals surface area contributed by atoms with Gasteiger partial charge in [-0.25, -0.2) is 4.68 Å². The highest BCUT2D eigenvalue weighted by atomic mass is 16.1. The van der Waals surface area contributed by atoms with E-state index in [0.29, 0.717) is 12.2 Å². The van der Waals surface area contributed by atoms with Crippen LogP contribution in [0.3, 0.4) is 0 Å². The van der Waals surface area contributed by atoms with Crippen LogP contribution in [-0.4, -0.2) is 53.8 Å². The fraction of sp³-hybridized carbons (Fsp3) is 0.385. The van der Waals surface area contributed by atoms with Crippen LogP contribution in [0, 0.1) is 6.92 Å². The first kappa shape index (κ1) is 20.8. The van der Waals surface area contributed by atoms with Crippen LogP contribution in [-0.2, 0) is 19.4 Å². The fourth-order valence-corrected chi connectivity index (χ4v) is 4.90. The average Bonchev–Trinajstić information content (AvgIpc) is 3.42. The normalized spacial score (nSPS) is 16.2. The van der Waals surface area contributed by atoms with Crippen LogP contribution in [0.2, 0.25) is 0 Å². The first-order valence-electron chi connectivity index (χ1n) is 11.6. The number of aryl methyl sites for hydroxylation is 1. The van der Waals surface area contributed by atoms with E-state index in [1.54, 1.807) is 0 Å². The Bertz CT molecular complexity index is 1130. The molecule has 0 atom stereocenters. The molecule has 1 fully saturated rings. The van der Waals surface area contributed by atoms with Gasteiger partial charge in [-0.05, 0) is 56.5 Å². The number of anilines is 1. The van der Waals surface area contributed by atoms with Crippen LogP contribution in [0.5, 0.6) is 0 Å². The van der Waals surface area contributed by atoms with Crippen molar-refractivity contribution in [3.05, 3.63) is 76.6 Å². The molecule has 0 unspecified atom stereocenters. The molecule has 1 saturated heterocycles. The molecule has 1 aliphatic carbocycles. The summed E-state index contributed by atoms with van der Waals surface area (Å²) in [6.45, 7) is 6.73. The second-order valence-corrected chi connectivity index (χ2v) is 8.93. The second kappa shape index (κ2) is 8.79. The topological polar surface area (TPSA) is 53.4 Å². The van der Waals surface area contributed by atoms with E-state index in [4.69, 9.17) is 5.10 Å². The second-order valence-electron chi connectivity index (χ2n) is 8.93. The number of rotatable bonds is 5. The molecule has 3 aromatic rings. The average molecular weight is 430 g/mol. The minimum atomic E-state index is -0.0799. The van der Waals surface area contributed by atoms with Gasteiger partial charge in [0.2, 0.25) is 0 Å². The molecule has 0 radical (unpaired) electrons. The molecule has 1 N–H and O–H groups in total. The molecule has 166 valence electrons. The van der Waals surface area contributed by atoms with Crippen molar-refractivity contribution in [2.75, 3.05) is 38.1 Å². The molecule has 32 heavy (non-hydrogen) atoms. The zero-order chi connectivity index (χ0) is 22.1. The van der Waals surface area contributed by atoms with Gasteiger partial charge in [-0.3, -0.25) is 4.79 Å². The highest BCUT2D eigenvalue weighted by Gasteiger charge is 2.27. The molecule has 0 spiro atoms. The number of carbonyl (C=O) groups excluding carboxylic acids is 1. The van der Waals surface area contributed by atoms with E-state index in [0.717, 1.165) is 67.8 Å². The predicted molar refractivity (Wildman–Crippen MR) is 128 cm³/mol. The van der Waals surface area contributed by atoms with Crippen molar-refractivity contribution in [2.45, 2.75) is 32.7 Å². The Morgan fingerprint density at radius 2 is 1.69 bits per heavy atom. The maximum atomic E-state index is 13.2. The summed E-state index contributed by atoms with van der Waals surface area (Å²) in [6, 6.07) is 16.6. The molecule has 1 aliphatic heterocycles. The van der Waals surface area contributed by atoms with Gasteiger partial charge in [0.15, 0.2) is 5.69 Å². The fourth-order valence-electron chi connectivity index (χ4n) is 4.90. The van der Waals surface area contributed by atoms with E-state index < -0.39 is 0 Å². The van der Waals surface area contributed by atoms with Crippen LogP contribution in [0.15, 0.2) is 48.5 Å². The lowest BCUT2D eigenvalue weighted by molar-refractivity contribution is 0.0944. The molecule has 1 aromatic heterocycles. The van der Waals surface area contributed by atoms with Gasteiger partial charge < -0.3 is 15.1 Å². The van der Waals surface area contributed by atoms with Crippen molar-refractivity contribution >= 4 is 11.6 Å². The maximum absolute atomic E-state index is 13.2. The van der Waals surface area contributed by atoms with Crippen molar-refractivity contribution in [1.29, 1.82) is 0 Å². The van der Waals surface area contributed by atoms with E-state index in [1.807, 2.05) is 22.9 Å². The molecular weight excluding hydrogens is 398 g/mol. The van der Waals surface area contributed by atoms with Crippen LogP contribution < -0.4 is 10.2 Å². The third-order valence-corrected chi connectivity index (χ3v) is 6.76. The third-order valence-electron chi connectivity index (χ3n) is 6.76. The van der Waals surface area contributed by atoms with E-state index in [9.17, 15) is 4.79 Å². The van der Waals surface area contributed by atoms with Crippen molar-refractivity contribution in [3.8, 4) is 5.69 Å². The summed E-state index contributed by atoms with van der Waals surface area (Å²) in [4.78, 5) is 18.0. The van der Waals surface area contributed by atoms with E-state index in [-0.39, 0.29) is 5.91 Å². The number of benzene rings is 2. The minimum Gasteiger partial charge on any atom is -0.369 e. The lowest BCUT2D eigenvalue weighted by atomic mass is 10.1. The Hall–Kier alpha value is -3.12. The molecule has 2 heterocycles. The lowest BCUT2D eigenvalue weighted by Crippen LogP contribution is -2.45. The number of piperazine rings is 1. The third kappa shape index (κ3) is 3.91. The number of para-hydroxylation sites is 2. The standard InChI is InChI=1S/C26H31N5O/c1-19-8-3-5-11-22(19)31-24-13-7-10-21(24)25(28-31)26(32)27-18-20-9-4-6-12-23(20)30-16-14-29(2)15-17-30/h3-6,8-9,11-12H,7,10,13-18H2,1-2H3,(H,27,32). The van der Waals surface area contributed by atoms with Gasteiger partial charge in [-0.15, -0.1) is 0 Å². The number of nitrogens with one attached hydrogen (secondary N) is 1. The van der Waals surface area contributed by atoms with Crippen molar-refractivity contribution in [3.63, 3.8) is 0 Å². The van der Waals surface area contributed by atoms with Gasteiger partial charge in [0.05, 0.1) is 5.69 Å². The molecule has 6 heteroatoms. The summed E-state index contributed by atoms with van der Waals surface area (Å²) in [6.07, 6.45) is 2.96. The number of hydrogen-bond donors (Lipinski definition) is 1. The summed E-state index contributed by atoms with van der Waals surface area (Å²) >= 11 is 0. The van der Waals surface area contributed by atoms with E-state index >= 15 is 0 Å². The van der Waals surface area contributed by atoms with Gasteiger partial charge in [-0.2, -0.15) is 5.10 Å². The van der Waals surface area contributed by atoms with Gasteiger partial charge in [0.1, 0.15) is 0 Å². The summed E-state index contributed by atoms with van der Waals surface area (Å²) in [5.74, 6) is -0.0799. The van der Waals surface area contributed by atoms with Gasteiger partial charge >= 0.3 is 0 Å². The molecular formula is C26H31N5O.